The minimum absolute atomic E-state index is 0.233. The highest BCUT2D eigenvalue weighted by molar-refractivity contribution is 7.88. The van der Waals surface area contributed by atoms with Gasteiger partial charge < -0.3 is 5.32 Å². The average Bonchev–Trinajstić information content (AvgIpc) is 2.64. The fourth-order valence-electron chi connectivity index (χ4n) is 1.05. The van der Waals surface area contributed by atoms with E-state index in [-0.39, 0.29) is 6.54 Å². The molecule has 0 saturated carbocycles. The van der Waals surface area contributed by atoms with E-state index >= 15 is 0 Å². The van der Waals surface area contributed by atoms with Gasteiger partial charge in [0, 0.05) is 24.7 Å². The number of aryl methyl sites for hydroxylation is 1. The van der Waals surface area contributed by atoms with Gasteiger partial charge in [-0.3, -0.25) is 4.79 Å². The van der Waals surface area contributed by atoms with E-state index in [2.05, 4.69) is 10.3 Å². The highest BCUT2D eigenvalue weighted by Gasteiger charge is 2.15. The standard InChI is InChI=1S/C9H14ClN3O3S2/c1-13(18(2,15)16)5-8(14)12-9-11-7(3-4-10)6-17-9/h6H,3-5H2,1-2H3,(H,11,12,14). The number of nitrogens with one attached hydrogen (secondary N) is 1. The van der Waals surface area contributed by atoms with Crippen LogP contribution in [-0.2, 0) is 21.2 Å². The van der Waals surface area contributed by atoms with Crippen LogP contribution < -0.4 is 5.32 Å². The van der Waals surface area contributed by atoms with Crippen molar-refractivity contribution in [2.75, 3.05) is 31.0 Å². The number of carbonyl (C=O) groups excluding carboxylic acids is 1. The van der Waals surface area contributed by atoms with Crippen LogP contribution in [0.5, 0.6) is 0 Å². The van der Waals surface area contributed by atoms with Gasteiger partial charge >= 0.3 is 0 Å². The highest BCUT2D eigenvalue weighted by atomic mass is 35.5. The quantitative estimate of drug-likeness (QED) is 0.786. The summed E-state index contributed by atoms with van der Waals surface area (Å²) in [7, 11) is -2.01. The maximum atomic E-state index is 11.6. The molecule has 0 saturated heterocycles. The van der Waals surface area contributed by atoms with Crippen LogP contribution in [0.1, 0.15) is 5.69 Å². The number of rotatable bonds is 6. The zero-order valence-corrected chi connectivity index (χ0v) is 12.4. The van der Waals surface area contributed by atoms with E-state index < -0.39 is 15.9 Å². The average molecular weight is 312 g/mol. The Kier molecular flexibility index (Phi) is 5.51. The molecule has 0 unspecified atom stereocenters. The summed E-state index contributed by atoms with van der Waals surface area (Å²) < 4.78 is 23.2. The van der Waals surface area contributed by atoms with Crippen molar-refractivity contribution in [2.45, 2.75) is 6.42 Å². The van der Waals surface area contributed by atoms with Gasteiger partial charge in [-0.05, 0) is 0 Å². The summed E-state index contributed by atoms with van der Waals surface area (Å²) in [4.78, 5) is 15.7. The third-order valence-corrected chi connectivity index (χ3v) is 4.34. The Morgan fingerprint density at radius 3 is 2.83 bits per heavy atom. The van der Waals surface area contributed by atoms with Gasteiger partial charge in [0.1, 0.15) is 0 Å². The number of halogens is 1. The molecule has 0 aliphatic heterocycles. The van der Waals surface area contributed by atoms with E-state index in [4.69, 9.17) is 11.6 Å². The predicted octanol–water partition coefficient (Wildman–Crippen LogP) is 0.754. The van der Waals surface area contributed by atoms with Crippen LogP contribution >= 0.6 is 22.9 Å². The lowest BCUT2D eigenvalue weighted by Crippen LogP contribution is -2.34. The zero-order chi connectivity index (χ0) is 13.8. The van der Waals surface area contributed by atoms with Crippen molar-refractivity contribution >= 4 is 44.0 Å². The van der Waals surface area contributed by atoms with Crippen molar-refractivity contribution < 1.29 is 13.2 Å². The van der Waals surface area contributed by atoms with Crippen molar-refractivity contribution in [3.8, 4) is 0 Å². The molecule has 0 aliphatic rings. The number of anilines is 1. The highest BCUT2D eigenvalue weighted by Crippen LogP contribution is 2.16. The Hall–Kier alpha value is -0.700. The van der Waals surface area contributed by atoms with Gasteiger partial charge in [0.2, 0.25) is 15.9 Å². The lowest BCUT2D eigenvalue weighted by molar-refractivity contribution is -0.116. The molecular weight excluding hydrogens is 298 g/mol. The van der Waals surface area contributed by atoms with Gasteiger partial charge in [0.25, 0.3) is 0 Å². The predicted molar refractivity (Wildman–Crippen MR) is 72.6 cm³/mol. The van der Waals surface area contributed by atoms with Gasteiger partial charge in [0.15, 0.2) is 5.13 Å². The molecule has 18 heavy (non-hydrogen) atoms. The molecule has 0 fully saturated rings. The van der Waals surface area contributed by atoms with Crippen LogP contribution in [0.15, 0.2) is 5.38 Å². The molecule has 1 aromatic heterocycles. The lowest BCUT2D eigenvalue weighted by Gasteiger charge is -2.12. The summed E-state index contributed by atoms with van der Waals surface area (Å²) in [5.41, 5.74) is 0.807. The molecular formula is C9H14ClN3O3S2. The summed E-state index contributed by atoms with van der Waals surface area (Å²) in [6.07, 6.45) is 1.68. The number of carbonyl (C=O) groups is 1. The third kappa shape index (κ3) is 4.89. The number of aromatic nitrogens is 1. The third-order valence-electron chi connectivity index (χ3n) is 2.08. The Labute approximate surface area is 115 Å². The molecule has 1 rings (SSSR count). The molecule has 1 N–H and O–H groups in total. The fourth-order valence-corrected chi connectivity index (χ4v) is 2.36. The number of thiazole rings is 1. The van der Waals surface area contributed by atoms with Gasteiger partial charge in [0.05, 0.1) is 18.5 Å². The summed E-state index contributed by atoms with van der Waals surface area (Å²) in [5, 5.41) is 4.79. The molecule has 9 heteroatoms. The second kappa shape index (κ2) is 6.46. The van der Waals surface area contributed by atoms with Crippen LogP contribution in [0.25, 0.3) is 0 Å². The van der Waals surface area contributed by atoms with Crippen molar-refractivity contribution in [1.29, 1.82) is 0 Å². The number of hydrogen-bond acceptors (Lipinski definition) is 5. The largest absolute Gasteiger partial charge is 0.301 e. The smallest absolute Gasteiger partial charge is 0.241 e. The lowest BCUT2D eigenvalue weighted by atomic mass is 10.4. The van der Waals surface area contributed by atoms with E-state index in [9.17, 15) is 13.2 Å². The SMILES string of the molecule is CN(CC(=O)Nc1nc(CCCl)cs1)S(C)(=O)=O. The molecule has 0 radical (unpaired) electrons. The molecule has 1 heterocycles. The Morgan fingerprint density at radius 1 is 1.61 bits per heavy atom. The van der Waals surface area contributed by atoms with E-state index in [1.807, 2.05) is 0 Å². The number of likely N-dealkylation sites (N-methyl/N-ethyl adjacent to an activating group) is 1. The van der Waals surface area contributed by atoms with Gasteiger partial charge in [-0.15, -0.1) is 22.9 Å². The van der Waals surface area contributed by atoms with Crippen molar-refractivity contribution in [2.24, 2.45) is 0 Å². The molecule has 0 atom stereocenters. The molecule has 1 aromatic rings. The van der Waals surface area contributed by atoms with Gasteiger partial charge in [-0.1, -0.05) is 0 Å². The van der Waals surface area contributed by atoms with Crippen molar-refractivity contribution in [3.63, 3.8) is 0 Å². The first-order valence-corrected chi connectivity index (χ1v) is 8.30. The zero-order valence-electron chi connectivity index (χ0n) is 10.0. The minimum Gasteiger partial charge on any atom is -0.301 e. The molecule has 0 spiro atoms. The second-order valence-electron chi connectivity index (χ2n) is 3.65. The maximum absolute atomic E-state index is 11.6. The minimum atomic E-state index is -3.36. The van der Waals surface area contributed by atoms with Crippen LogP contribution in [0.2, 0.25) is 0 Å². The number of amides is 1. The second-order valence-corrected chi connectivity index (χ2v) is 6.98. The van der Waals surface area contributed by atoms with E-state index in [1.54, 1.807) is 5.38 Å². The number of hydrogen-bond donors (Lipinski definition) is 1. The van der Waals surface area contributed by atoms with Gasteiger partial charge in [-0.25, -0.2) is 13.4 Å². The summed E-state index contributed by atoms with van der Waals surface area (Å²) in [6.45, 7) is -0.233. The molecule has 6 nitrogen and oxygen atoms in total. The molecule has 0 aliphatic carbocycles. The van der Waals surface area contributed by atoms with Crippen LogP contribution in [0.3, 0.4) is 0 Å². The molecule has 102 valence electrons. The summed E-state index contributed by atoms with van der Waals surface area (Å²) in [5.74, 6) is 0.0446. The Bertz CT molecular complexity index is 515. The van der Waals surface area contributed by atoms with E-state index in [0.29, 0.717) is 17.4 Å². The topological polar surface area (TPSA) is 79.4 Å². The van der Waals surface area contributed by atoms with Gasteiger partial charge in [-0.2, -0.15) is 4.31 Å². The Balaban J connectivity index is 2.54. The summed E-state index contributed by atoms with van der Waals surface area (Å²) >= 11 is 6.86. The number of sulfonamides is 1. The van der Waals surface area contributed by atoms with E-state index in [1.165, 1.54) is 18.4 Å². The molecule has 1 amide bonds. The monoisotopic (exact) mass is 311 g/mol. The van der Waals surface area contributed by atoms with Crippen molar-refractivity contribution in [1.82, 2.24) is 9.29 Å². The Morgan fingerprint density at radius 2 is 2.28 bits per heavy atom. The van der Waals surface area contributed by atoms with E-state index in [0.717, 1.165) is 16.3 Å². The molecule has 0 aromatic carbocycles. The first-order chi connectivity index (χ1) is 8.32. The summed E-state index contributed by atoms with van der Waals surface area (Å²) in [6, 6.07) is 0. The first kappa shape index (κ1) is 15.4. The van der Waals surface area contributed by atoms with Crippen LogP contribution in [0, 0.1) is 0 Å². The first-order valence-electron chi connectivity index (χ1n) is 5.04. The number of alkyl halides is 1. The maximum Gasteiger partial charge on any atom is 0.241 e. The fraction of sp³-hybridized carbons (Fsp3) is 0.556. The van der Waals surface area contributed by atoms with Crippen molar-refractivity contribution in [3.05, 3.63) is 11.1 Å². The normalized spacial score (nSPS) is 11.8. The van der Waals surface area contributed by atoms with Crippen LogP contribution in [-0.4, -0.2) is 49.3 Å². The van der Waals surface area contributed by atoms with Crippen LogP contribution in [0.4, 0.5) is 5.13 Å². The molecule has 0 bridgehead atoms. The number of nitrogens with zero attached hydrogens (tertiary/aromatic N) is 2.